The number of carbonyl (C=O) groups excluding carboxylic acids is 2. The van der Waals surface area contributed by atoms with E-state index in [0.717, 1.165) is 12.8 Å². The van der Waals surface area contributed by atoms with Crippen LogP contribution in [-0.2, 0) is 4.79 Å². The molecule has 2 aliphatic heterocycles. The monoisotopic (exact) mass is 372 g/mol. The van der Waals surface area contributed by atoms with E-state index >= 15 is 0 Å². The van der Waals surface area contributed by atoms with E-state index in [1.165, 1.54) is 24.7 Å². The van der Waals surface area contributed by atoms with Crippen LogP contribution in [0.15, 0.2) is 30.5 Å². The smallest absolute Gasteiger partial charge is 0.280 e. The number of thiazole rings is 1. The predicted molar refractivity (Wildman–Crippen MR) is 98.8 cm³/mol. The molecule has 8 heteroatoms. The maximum atomic E-state index is 12.4. The lowest BCUT2D eigenvalue weighted by Crippen LogP contribution is -2.42. The van der Waals surface area contributed by atoms with Crippen molar-refractivity contribution in [2.75, 3.05) is 5.32 Å². The molecule has 1 aromatic carbocycles. The summed E-state index contributed by atoms with van der Waals surface area (Å²) in [5.74, 6) is 0.381. The molecule has 2 bridgehead atoms. The lowest BCUT2D eigenvalue weighted by atomic mass is 9.95. The first kappa shape index (κ1) is 17.0. The van der Waals surface area contributed by atoms with E-state index in [2.05, 4.69) is 20.9 Å². The number of anilines is 1. The maximum Gasteiger partial charge on any atom is 0.280 e. The lowest BCUT2D eigenvalue weighted by molar-refractivity contribution is -0.114. The number of benzene rings is 1. The van der Waals surface area contributed by atoms with Crippen molar-refractivity contribution in [2.45, 2.75) is 44.3 Å². The second-order valence-electron chi connectivity index (χ2n) is 6.66. The molecule has 0 unspecified atom stereocenters. The van der Waals surface area contributed by atoms with Crippen molar-refractivity contribution in [3.8, 4) is 10.9 Å². The second kappa shape index (κ2) is 7.05. The highest BCUT2D eigenvalue weighted by Gasteiger charge is 2.39. The van der Waals surface area contributed by atoms with Gasteiger partial charge in [-0.25, -0.2) is 4.98 Å². The molecule has 0 saturated carbocycles. The van der Waals surface area contributed by atoms with Crippen LogP contribution in [0.25, 0.3) is 0 Å². The van der Waals surface area contributed by atoms with Gasteiger partial charge in [-0.15, -0.1) is 0 Å². The van der Waals surface area contributed by atoms with Gasteiger partial charge in [-0.3, -0.25) is 9.59 Å². The predicted octanol–water partition coefficient (Wildman–Crippen LogP) is 2.52. The summed E-state index contributed by atoms with van der Waals surface area (Å²) in [5.41, 5.74) is 0.609. The summed E-state index contributed by atoms with van der Waals surface area (Å²) in [7, 11) is 0. The molecule has 0 radical (unpaired) electrons. The molecule has 26 heavy (non-hydrogen) atoms. The van der Waals surface area contributed by atoms with Gasteiger partial charge in [0.15, 0.2) is 0 Å². The van der Waals surface area contributed by atoms with Crippen LogP contribution in [-0.4, -0.2) is 34.9 Å². The third kappa shape index (κ3) is 3.71. The van der Waals surface area contributed by atoms with Gasteiger partial charge in [0.25, 0.3) is 11.1 Å². The van der Waals surface area contributed by atoms with Crippen LogP contribution >= 0.6 is 11.3 Å². The fourth-order valence-electron chi connectivity index (χ4n) is 3.55. The average molecular weight is 372 g/mol. The van der Waals surface area contributed by atoms with E-state index in [0.29, 0.717) is 33.6 Å². The van der Waals surface area contributed by atoms with Crippen molar-refractivity contribution in [1.82, 2.24) is 15.6 Å². The van der Waals surface area contributed by atoms with Crippen LogP contribution in [0.4, 0.5) is 5.00 Å². The Hall–Kier alpha value is -2.45. The van der Waals surface area contributed by atoms with Crippen LogP contribution in [0.5, 0.6) is 10.9 Å². The summed E-state index contributed by atoms with van der Waals surface area (Å²) in [6.45, 7) is 1.44. The van der Waals surface area contributed by atoms with Crippen molar-refractivity contribution in [3.63, 3.8) is 0 Å². The summed E-state index contributed by atoms with van der Waals surface area (Å²) < 4.78 is 5.66. The van der Waals surface area contributed by atoms with Crippen LogP contribution in [0.2, 0.25) is 0 Å². The standard InChI is InChI=1S/C18H20N4O3S/c1-10(23)20-16-9-19-18(26-16)25-13-5-2-11(3-6-13)17(24)22-15-8-12-4-7-14(15)21-12/h2-3,5-6,9,12,14-15,21H,4,7-8H2,1H3,(H,20,23)(H,22,24)/t12-,14+,15-/m1/s1. The number of amides is 2. The summed E-state index contributed by atoms with van der Waals surface area (Å²) in [4.78, 5) is 27.6. The fraction of sp³-hybridized carbons (Fsp3) is 0.389. The molecular formula is C18H20N4O3S. The summed E-state index contributed by atoms with van der Waals surface area (Å²) >= 11 is 1.24. The number of nitrogens with one attached hydrogen (secondary N) is 3. The minimum atomic E-state index is -0.152. The summed E-state index contributed by atoms with van der Waals surface area (Å²) in [6.07, 6.45) is 4.91. The first-order chi connectivity index (χ1) is 12.6. The summed E-state index contributed by atoms with van der Waals surface area (Å²) in [5, 5.41) is 10.4. The Labute approximate surface area is 155 Å². The van der Waals surface area contributed by atoms with Gasteiger partial charge in [0.1, 0.15) is 10.8 Å². The van der Waals surface area contributed by atoms with Gasteiger partial charge in [0, 0.05) is 30.6 Å². The van der Waals surface area contributed by atoms with E-state index < -0.39 is 0 Å². The van der Waals surface area contributed by atoms with E-state index in [4.69, 9.17) is 4.74 Å². The average Bonchev–Trinajstić information content (AvgIpc) is 3.32. The molecule has 7 nitrogen and oxygen atoms in total. The third-order valence-electron chi connectivity index (χ3n) is 4.72. The van der Waals surface area contributed by atoms with Crippen molar-refractivity contribution >= 4 is 28.2 Å². The van der Waals surface area contributed by atoms with Crippen LogP contribution in [0.1, 0.15) is 36.5 Å². The number of rotatable bonds is 5. The Balaban J connectivity index is 1.35. The number of carbonyl (C=O) groups is 2. The Morgan fingerprint density at radius 2 is 2.08 bits per heavy atom. The molecule has 3 N–H and O–H groups in total. The number of fused-ring (bicyclic) bond motifs is 2. The molecule has 2 amide bonds. The lowest BCUT2D eigenvalue weighted by Gasteiger charge is -2.21. The first-order valence-corrected chi connectivity index (χ1v) is 9.47. The number of hydrogen-bond donors (Lipinski definition) is 3. The second-order valence-corrected chi connectivity index (χ2v) is 7.65. The van der Waals surface area contributed by atoms with Gasteiger partial charge in [0.05, 0.1) is 6.20 Å². The SMILES string of the molecule is CC(=O)Nc1cnc(Oc2ccc(C(=O)N[C@@H]3C[C@H]4CC[C@@H]3N4)cc2)s1. The zero-order chi connectivity index (χ0) is 18.1. The van der Waals surface area contributed by atoms with Crippen molar-refractivity contribution in [3.05, 3.63) is 36.0 Å². The van der Waals surface area contributed by atoms with Crippen LogP contribution in [0, 0.1) is 0 Å². The Morgan fingerprint density at radius 3 is 2.73 bits per heavy atom. The minimum Gasteiger partial charge on any atom is -0.431 e. The van der Waals surface area contributed by atoms with Crippen LogP contribution in [0.3, 0.4) is 0 Å². The Bertz CT molecular complexity index is 820. The quantitative estimate of drug-likeness (QED) is 0.750. The topological polar surface area (TPSA) is 92.3 Å². The molecule has 0 aliphatic carbocycles. The molecule has 1 aromatic heterocycles. The molecule has 3 heterocycles. The van der Waals surface area contributed by atoms with E-state index in [-0.39, 0.29) is 17.9 Å². The van der Waals surface area contributed by atoms with Gasteiger partial charge in [-0.2, -0.15) is 0 Å². The van der Waals surface area contributed by atoms with E-state index in [9.17, 15) is 9.59 Å². The number of ether oxygens (including phenoxy) is 1. The summed E-state index contributed by atoms with van der Waals surface area (Å²) in [6, 6.07) is 8.16. The van der Waals surface area contributed by atoms with Gasteiger partial charge >= 0.3 is 0 Å². The zero-order valence-corrected chi connectivity index (χ0v) is 15.1. The molecule has 2 fully saturated rings. The fourth-order valence-corrected chi connectivity index (χ4v) is 4.28. The number of aromatic nitrogens is 1. The highest BCUT2D eigenvalue weighted by Crippen LogP contribution is 2.30. The van der Waals surface area contributed by atoms with Crippen molar-refractivity contribution in [2.24, 2.45) is 0 Å². The van der Waals surface area contributed by atoms with Crippen molar-refractivity contribution in [1.29, 1.82) is 0 Å². The van der Waals surface area contributed by atoms with Gasteiger partial charge in [-0.1, -0.05) is 11.3 Å². The van der Waals surface area contributed by atoms with Crippen LogP contribution < -0.4 is 20.7 Å². The van der Waals surface area contributed by atoms with E-state index in [1.54, 1.807) is 30.5 Å². The van der Waals surface area contributed by atoms with Gasteiger partial charge < -0.3 is 20.7 Å². The van der Waals surface area contributed by atoms with E-state index in [1.807, 2.05) is 0 Å². The molecule has 2 saturated heterocycles. The van der Waals surface area contributed by atoms with Crippen molar-refractivity contribution < 1.29 is 14.3 Å². The van der Waals surface area contributed by atoms with Gasteiger partial charge in [0.2, 0.25) is 5.91 Å². The first-order valence-electron chi connectivity index (χ1n) is 8.65. The molecular weight excluding hydrogens is 352 g/mol. The molecule has 136 valence electrons. The highest BCUT2D eigenvalue weighted by atomic mass is 32.1. The third-order valence-corrected chi connectivity index (χ3v) is 5.51. The number of hydrogen-bond acceptors (Lipinski definition) is 6. The molecule has 3 atom stereocenters. The highest BCUT2D eigenvalue weighted by molar-refractivity contribution is 7.17. The maximum absolute atomic E-state index is 12.4. The largest absolute Gasteiger partial charge is 0.431 e. The number of nitrogens with zero attached hydrogens (tertiary/aromatic N) is 1. The molecule has 2 aromatic rings. The zero-order valence-electron chi connectivity index (χ0n) is 14.3. The molecule has 0 spiro atoms. The van der Waals surface area contributed by atoms with Gasteiger partial charge in [-0.05, 0) is 43.5 Å². The Kier molecular flexibility index (Phi) is 4.60. The molecule has 4 rings (SSSR count). The Morgan fingerprint density at radius 1 is 1.27 bits per heavy atom. The normalized spacial score (nSPS) is 23.7. The minimum absolute atomic E-state index is 0.0573. The molecule has 2 aliphatic rings.